The molecule has 1 N–H and O–H groups in total. The van der Waals surface area contributed by atoms with E-state index in [-0.39, 0.29) is 29.0 Å². The molecule has 10 heteroatoms. The number of Topliss-reactive ketones (excluding diaryl/α,β-unsaturated/α-hetero) is 1. The molecule has 244 valence electrons. The lowest BCUT2D eigenvalue weighted by atomic mass is 9.94. The van der Waals surface area contributed by atoms with Gasteiger partial charge in [0.2, 0.25) is 0 Å². The molecule has 47 heavy (non-hydrogen) atoms. The zero-order valence-corrected chi connectivity index (χ0v) is 26.3. The molecule has 2 amide bonds. The number of carbonyl (C=O) groups is 4. The van der Waals surface area contributed by atoms with Crippen LogP contribution in [0.1, 0.15) is 74.8 Å². The highest BCUT2D eigenvalue weighted by Crippen LogP contribution is 2.37. The number of aryl methyl sites for hydroxylation is 1. The average molecular weight is 645 g/mol. The van der Waals surface area contributed by atoms with E-state index >= 15 is 0 Å². The van der Waals surface area contributed by atoms with Crippen molar-refractivity contribution in [3.8, 4) is 16.9 Å². The molecule has 0 atom stereocenters. The number of esters is 1. The van der Waals surface area contributed by atoms with Gasteiger partial charge in [-0.3, -0.25) is 19.2 Å². The van der Waals surface area contributed by atoms with Crippen LogP contribution in [0.25, 0.3) is 11.1 Å². The number of ether oxygens (including phenoxy) is 1. The third-order valence-corrected chi connectivity index (χ3v) is 7.38. The van der Waals surface area contributed by atoms with Crippen molar-refractivity contribution in [1.29, 1.82) is 0 Å². The molecule has 0 bridgehead atoms. The first-order valence-electron chi connectivity index (χ1n) is 15.1. The molecule has 0 aliphatic heterocycles. The predicted octanol–water partition coefficient (Wildman–Crippen LogP) is 8.24. The molecule has 0 fully saturated rings. The van der Waals surface area contributed by atoms with E-state index in [9.17, 15) is 32.3 Å². The number of carbonyl (C=O) groups excluding carboxylic acids is 4. The first kappa shape index (κ1) is 34.6. The monoisotopic (exact) mass is 644 g/mol. The van der Waals surface area contributed by atoms with Gasteiger partial charge in [0.1, 0.15) is 5.75 Å². The molecule has 0 heterocycles. The second kappa shape index (κ2) is 15.4. The highest BCUT2D eigenvalue weighted by Gasteiger charge is 2.37. The van der Waals surface area contributed by atoms with E-state index in [2.05, 4.69) is 5.32 Å². The summed E-state index contributed by atoms with van der Waals surface area (Å²) >= 11 is 0. The van der Waals surface area contributed by atoms with Crippen LogP contribution in [0.4, 0.5) is 18.9 Å². The smallest absolute Gasteiger partial charge is 0.417 e. The van der Waals surface area contributed by atoms with Crippen LogP contribution in [-0.4, -0.2) is 42.6 Å². The maximum Gasteiger partial charge on any atom is 0.417 e. The maximum absolute atomic E-state index is 14.1. The minimum atomic E-state index is -4.80. The summed E-state index contributed by atoms with van der Waals surface area (Å²) in [4.78, 5) is 52.5. The van der Waals surface area contributed by atoms with E-state index in [4.69, 9.17) is 4.74 Å². The molecular formula is C37H35F3N2O5. The molecule has 4 aromatic rings. The molecule has 0 aliphatic carbocycles. The fourth-order valence-corrected chi connectivity index (χ4v) is 5.05. The molecule has 7 nitrogen and oxygen atoms in total. The Hall–Kier alpha value is -5.25. The second-order valence-corrected chi connectivity index (χ2v) is 11.2. The molecule has 0 saturated carbocycles. The number of rotatable bonds is 12. The van der Waals surface area contributed by atoms with Crippen molar-refractivity contribution >= 4 is 29.3 Å². The quantitative estimate of drug-likeness (QED) is 0.0953. The number of ketones is 1. The Balaban J connectivity index is 1.51. The Kier molecular flexibility index (Phi) is 11.3. The van der Waals surface area contributed by atoms with Gasteiger partial charge in [0, 0.05) is 32.5 Å². The van der Waals surface area contributed by atoms with Crippen LogP contribution in [-0.2, 0) is 17.4 Å². The third kappa shape index (κ3) is 8.94. The number of nitrogens with one attached hydrogen (secondary N) is 1. The Morgan fingerprint density at radius 3 is 2.17 bits per heavy atom. The highest BCUT2D eigenvalue weighted by atomic mass is 19.4. The number of alkyl halides is 3. The van der Waals surface area contributed by atoms with E-state index in [1.165, 1.54) is 37.2 Å². The molecule has 0 radical (unpaired) electrons. The van der Waals surface area contributed by atoms with Crippen molar-refractivity contribution < 1.29 is 37.1 Å². The van der Waals surface area contributed by atoms with Crippen molar-refractivity contribution in [1.82, 2.24) is 4.90 Å². The second-order valence-electron chi connectivity index (χ2n) is 11.2. The number of hydrogen-bond acceptors (Lipinski definition) is 5. The SMILES string of the molecule is CCCC(=O)c1ccc(OC(=O)CCCc2ccc(NC(=O)c3c(-c4ccccc4)cccc3C(F)(F)F)c(C(=O)N(C)C)c2)cc1. The summed E-state index contributed by atoms with van der Waals surface area (Å²) in [5.74, 6) is -1.60. The molecular weight excluding hydrogens is 609 g/mol. The van der Waals surface area contributed by atoms with Gasteiger partial charge < -0.3 is 15.0 Å². The van der Waals surface area contributed by atoms with Crippen LogP contribution >= 0.6 is 0 Å². The van der Waals surface area contributed by atoms with E-state index in [0.717, 1.165) is 12.5 Å². The lowest BCUT2D eigenvalue weighted by Gasteiger charge is -2.19. The molecule has 0 unspecified atom stereocenters. The van der Waals surface area contributed by atoms with Gasteiger partial charge in [0.25, 0.3) is 11.8 Å². The first-order valence-corrected chi connectivity index (χ1v) is 15.1. The Bertz CT molecular complexity index is 1750. The van der Waals surface area contributed by atoms with Crippen molar-refractivity contribution in [3.05, 3.63) is 119 Å². The van der Waals surface area contributed by atoms with Gasteiger partial charge in [-0.15, -0.1) is 0 Å². The van der Waals surface area contributed by atoms with Gasteiger partial charge in [-0.05, 0) is 78.4 Å². The summed E-state index contributed by atoms with van der Waals surface area (Å²) in [5, 5.41) is 2.55. The van der Waals surface area contributed by atoms with Gasteiger partial charge in [-0.1, -0.05) is 55.5 Å². The summed E-state index contributed by atoms with van der Waals surface area (Å²) in [6.07, 6.45) is -2.78. The molecule has 0 aliphatic rings. The van der Waals surface area contributed by atoms with Gasteiger partial charge >= 0.3 is 12.1 Å². The fourth-order valence-electron chi connectivity index (χ4n) is 5.05. The Labute approximate surface area is 271 Å². The maximum atomic E-state index is 14.1. The minimum Gasteiger partial charge on any atom is -0.427 e. The first-order chi connectivity index (χ1) is 22.4. The number of anilines is 1. The van der Waals surface area contributed by atoms with Gasteiger partial charge in [0.05, 0.1) is 22.4 Å². The van der Waals surface area contributed by atoms with Crippen molar-refractivity contribution in [2.45, 2.75) is 45.2 Å². The average Bonchev–Trinajstić information content (AvgIpc) is 3.05. The lowest BCUT2D eigenvalue weighted by Crippen LogP contribution is -2.25. The van der Waals surface area contributed by atoms with E-state index < -0.39 is 35.1 Å². The van der Waals surface area contributed by atoms with Crippen LogP contribution < -0.4 is 10.1 Å². The third-order valence-electron chi connectivity index (χ3n) is 7.38. The van der Waals surface area contributed by atoms with Crippen molar-refractivity contribution in [3.63, 3.8) is 0 Å². The van der Waals surface area contributed by atoms with Crippen molar-refractivity contribution in [2.75, 3.05) is 19.4 Å². The lowest BCUT2D eigenvalue weighted by molar-refractivity contribution is -0.138. The Morgan fingerprint density at radius 1 is 0.830 bits per heavy atom. The van der Waals surface area contributed by atoms with Crippen LogP contribution in [0.5, 0.6) is 5.75 Å². The largest absolute Gasteiger partial charge is 0.427 e. The van der Waals surface area contributed by atoms with Crippen molar-refractivity contribution in [2.24, 2.45) is 0 Å². The van der Waals surface area contributed by atoms with Gasteiger partial charge in [-0.25, -0.2) is 0 Å². The molecule has 4 rings (SSSR count). The van der Waals surface area contributed by atoms with Crippen LogP contribution in [0.2, 0.25) is 0 Å². The topological polar surface area (TPSA) is 92.8 Å². The fraction of sp³-hybridized carbons (Fsp3) is 0.243. The molecule has 4 aromatic carbocycles. The van der Waals surface area contributed by atoms with Gasteiger partial charge in [-0.2, -0.15) is 13.2 Å². The summed E-state index contributed by atoms with van der Waals surface area (Å²) in [6, 6.07) is 22.9. The molecule has 0 saturated heterocycles. The minimum absolute atomic E-state index is 0.0196. The number of nitrogens with zero attached hydrogens (tertiary/aromatic N) is 1. The molecule has 0 spiro atoms. The Morgan fingerprint density at radius 2 is 1.53 bits per heavy atom. The van der Waals surface area contributed by atoms with Gasteiger partial charge in [0.15, 0.2) is 5.78 Å². The zero-order chi connectivity index (χ0) is 34.1. The standard InChI is InChI=1S/C37H35F3N2O5/c1-4-10-32(43)26-18-20-27(21-19-26)47-33(44)16-8-11-24-17-22-31(29(23-24)36(46)42(2)3)41-35(45)34-28(25-12-6-5-7-13-25)14-9-15-30(34)37(38,39)40/h5-7,9,12-15,17-23H,4,8,10-11,16H2,1-3H3,(H,41,45). The number of halogens is 3. The normalized spacial score (nSPS) is 11.1. The van der Waals surface area contributed by atoms with E-state index in [1.54, 1.807) is 66.7 Å². The number of hydrogen-bond donors (Lipinski definition) is 1. The van der Waals surface area contributed by atoms with Crippen LogP contribution in [0.15, 0.2) is 91.0 Å². The zero-order valence-electron chi connectivity index (χ0n) is 26.3. The highest BCUT2D eigenvalue weighted by molar-refractivity contribution is 6.12. The predicted molar refractivity (Wildman–Crippen MR) is 174 cm³/mol. The van der Waals surface area contributed by atoms with E-state index in [1.807, 2.05) is 6.92 Å². The summed E-state index contributed by atoms with van der Waals surface area (Å²) in [5.41, 5.74) is 0.251. The molecule has 0 aromatic heterocycles. The summed E-state index contributed by atoms with van der Waals surface area (Å²) < 4.78 is 47.7. The summed E-state index contributed by atoms with van der Waals surface area (Å²) in [6.45, 7) is 1.92. The van der Waals surface area contributed by atoms with E-state index in [0.29, 0.717) is 41.7 Å². The van der Waals surface area contributed by atoms with Crippen LogP contribution in [0, 0.1) is 0 Å². The van der Waals surface area contributed by atoms with Crippen LogP contribution in [0.3, 0.4) is 0 Å². The number of benzene rings is 4. The number of amides is 2. The summed E-state index contributed by atoms with van der Waals surface area (Å²) in [7, 11) is 3.05.